The van der Waals surface area contributed by atoms with E-state index in [1.165, 1.54) is 44.5 Å². The van der Waals surface area contributed by atoms with Gasteiger partial charge in [-0.05, 0) is 44.5 Å². The molecule has 2 aliphatic heterocycles. The van der Waals surface area contributed by atoms with Gasteiger partial charge in [0.25, 0.3) is 0 Å². The summed E-state index contributed by atoms with van der Waals surface area (Å²) in [7, 11) is 0. The first kappa shape index (κ1) is 10.8. The highest BCUT2D eigenvalue weighted by molar-refractivity contribution is 8.00. The third-order valence-corrected chi connectivity index (χ3v) is 5.43. The van der Waals surface area contributed by atoms with Gasteiger partial charge in [0.2, 0.25) is 0 Å². The second kappa shape index (κ2) is 4.42. The Kier molecular flexibility index (Phi) is 3.40. The summed E-state index contributed by atoms with van der Waals surface area (Å²) in [6.07, 6.45) is 5.42. The molecule has 3 heteroatoms. The first-order chi connectivity index (χ1) is 6.79. The Bertz CT molecular complexity index is 192. The Hall–Kier alpha value is 0.270. The van der Waals surface area contributed by atoms with Gasteiger partial charge in [0, 0.05) is 17.3 Å². The van der Waals surface area contributed by atoms with E-state index in [-0.39, 0.29) is 0 Å². The van der Waals surface area contributed by atoms with Crippen molar-refractivity contribution in [2.75, 3.05) is 25.4 Å². The molecule has 0 aromatic heterocycles. The zero-order valence-corrected chi connectivity index (χ0v) is 9.98. The van der Waals surface area contributed by atoms with Crippen molar-refractivity contribution >= 4 is 11.8 Å². The van der Waals surface area contributed by atoms with Crippen molar-refractivity contribution in [2.45, 2.75) is 43.4 Å². The SMILES string of the molecule is CC1SCCCC1(CN)N1CCCC1. The number of hydrogen-bond acceptors (Lipinski definition) is 3. The molecule has 0 amide bonds. The Labute approximate surface area is 91.6 Å². The molecule has 2 nitrogen and oxygen atoms in total. The summed E-state index contributed by atoms with van der Waals surface area (Å²) in [5.74, 6) is 1.33. The molecule has 0 aromatic rings. The average molecular weight is 214 g/mol. The summed E-state index contributed by atoms with van der Waals surface area (Å²) in [6, 6.07) is 0. The molecular formula is C11H22N2S. The largest absolute Gasteiger partial charge is 0.329 e. The van der Waals surface area contributed by atoms with Crippen LogP contribution in [0.2, 0.25) is 0 Å². The fourth-order valence-corrected chi connectivity index (χ4v) is 4.31. The first-order valence-electron chi connectivity index (χ1n) is 5.86. The maximum Gasteiger partial charge on any atom is 0.0447 e. The van der Waals surface area contributed by atoms with Crippen LogP contribution in [-0.2, 0) is 0 Å². The molecule has 2 fully saturated rings. The van der Waals surface area contributed by atoms with Gasteiger partial charge in [-0.1, -0.05) is 6.92 Å². The number of nitrogens with two attached hydrogens (primary N) is 1. The third kappa shape index (κ3) is 1.70. The Morgan fingerprint density at radius 2 is 2.07 bits per heavy atom. The van der Waals surface area contributed by atoms with Crippen molar-refractivity contribution in [1.82, 2.24) is 4.90 Å². The number of likely N-dealkylation sites (tertiary alicyclic amines) is 1. The molecule has 0 aliphatic carbocycles. The van der Waals surface area contributed by atoms with Gasteiger partial charge in [0.15, 0.2) is 0 Å². The van der Waals surface area contributed by atoms with Gasteiger partial charge >= 0.3 is 0 Å². The van der Waals surface area contributed by atoms with E-state index < -0.39 is 0 Å². The van der Waals surface area contributed by atoms with Crippen LogP contribution in [0, 0.1) is 0 Å². The van der Waals surface area contributed by atoms with Crippen molar-refractivity contribution in [3.8, 4) is 0 Å². The fraction of sp³-hybridized carbons (Fsp3) is 1.00. The van der Waals surface area contributed by atoms with Crippen LogP contribution in [0.5, 0.6) is 0 Å². The Morgan fingerprint density at radius 1 is 1.36 bits per heavy atom. The van der Waals surface area contributed by atoms with E-state index in [2.05, 4.69) is 23.6 Å². The first-order valence-corrected chi connectivity index (χ1v) is 6.91. The van der Waals surface area contributed by atoms with Crippen LogP contribution in [0.1, 0.15) is 32.6 Å². The molecule has 0 radical (unpaired) electrons. The van der Waals surface area contributed by atoms with Crippen LogP contribution >= 0.6 is 11.8 Å². The fourth-order valence-electron chi connectivity index (χ4n) is 2.97. The van der Waals surface area contributed by atoms with Crippen LogP contribution in [0.4, 0.5) is 0 Å². The number of hydrogen-bond donors (Lipinski definition) is 1. The highest BCUT2D eigenvalue weighted by Gasteiger charge is 2.43. The minimum atomic E-state index is 0.333. The quantitative estimate of drug-likeness (QED) is 0.758. The van der Waals surface area contributed by atoms with E-state index in [0.29, 0.717) is 5.54 Å². The molecule has 2 saturated heterocycles. The van der Waals surface area contributed by atoms with Gasteiger partial charge < -0.3 is 5.73 Å². The van der Waals surface area contributed by atoms with Gasteiger partial charge in [-0.25, -0.2) is 0 Å². The standard InChI is InChI=1S/C11H22N2S/c1-10-11(9-12,5-4-8-14-10)13-6-2-3-7-13/h10H,2-9,12H2,1H3. The van der Waals surface area contributed by atoms with Crippen LogP contribution in [0.3, 0.4) is 0 Å². The molecule has 2 atom stereocenters. The topological polar surface area (TPSA) is 29.3 Å². The summed E-state index contributed by atoms with van der Waals surface area (Å²) < 4.78 is 0. The molecular weight excluding hydrogens is 192 g/mol. The van der Waals surface area contributed by atoms with E-state index in [1.54, 1.807) is 0 Å². The normalized spacial score (nSPS) is 40.3. The molecule has 2 aliphatic rings. The van der Waals surface area contributed by atoms with Crippen molar-refractivity contribution in [2.24, 2.45) is 5.73 Å². The van der Waals surface area contributed by atoms with Gasteiger partial charge in [-0.2, -0.15) is 11.8 Å². The van der Waals surface area contributed by atoms with Gasteiger partial charge in [-0.15, -0.1) is 0 Å². The van der Waals surface area contributed by atoms with E-state index in [0.717, 1.165) is 11.8 Å². The Morgan fingerprint density at radius 3 is 2.64 bits per heavy atom. The third-order valence-electron chi connectivity index (χ3n) is 3.97. The maximum absolute atomic E-state index is 6.05. The second-order valence-electron chi connectivity index (χ2n) is 4.62. The van der Waals surface area contributed by atoms with Crippen molar-refractivity contribution in [3.05, 3.63) is 0 Å². The van der Waals surface area contributed by atoms with Gasteiger partial charge in [-0.3, -0.25) is 4.90 Å². The molecule has 2 heterocycles. The summed E-state index contributed by atoms with van der Waals surface area (Å²) in [6.45, 7) is 5.78. The van der Waals surface area contributed by atoms with Crippen molar-refractivity contribution in [1.29, 1.82) is 0 Å². The monoisotopic (exact) mass is 214 g/mol. The molecule has 0 saturated carbocycles. The van der Waals surface area contributed by atoms with Crippen LogP contribution in [-0.4, -0.2) is 41.1 Å². The number of thioether (sulfide) groups is 1. The lowest BCUT2D eigenvalue weighted by atomic mass is 9.88. The summed E-state index contributed by atoms with van der Waals surface area (Å²) in [4.78, 5) is 2.67. The lowest BCUT2D eigenvalue weighted by molar-refractivity contribution is 0.110. The second-order valence-corrected chi connectivity index (χ2v) is 6.07. The number of nitrogens with zero attached hydrogens (tertiary/aromatic N) is 1. The van der Waals surface area contributed by atoms with E-state index in [4.69, 9.17) is 5.73 Å². The zero-order valence-electron chi connectivity index (χ0n) is 9.17. The maximum atomic E-state index is 6.05. The van der Waals surface area contributed by atoms with E-state index in [9.17, 15) is 0 Å². The lowest BCUT2D eigenvalue weighted by Gasteiger charge is -2.48. The van der Waals surface area contributed by atoms with Gasteiger partial charge in [0.05, 0.1) is 0 Å². The molecule has 2 rings (SSSR count). The van der Waals surface area contributed by atoms with Crippen molar-refractivity contribution in [3.63, 3.8) is 0 Å². The minimum Gasteiger partial charge on any atom is -0.329 e. The predicted molar refractivity (Wildman–Crippen MR) is 63.7 cm³/mol. The van der Waals surface area contributed by atoms with Crippen LogP contribution in [0.25, 0.3) is 0 Å². The highest BCUT2D eigenvalue weighted by atomic mass is 32.2. The molecule has 14 heavy (non-hydrogen) atoms. The number of rotatable bonds is 2. The van der Waals surface area contributed by atoms with Crippen molar-refractivity contribution < 1.29 is 0 Å². The summed E-state index contributed by atoms with van der Waals surface area (Å²) in [5, 5.41) is 0.722. The summed E-state index contributed by atoms with van der Waals surface area (Å²) >= 11 is 2.11. The van der Waals surface area contributed by atoms with Crippen LogP contribution in [0.15, 0.2) is 0 Å². The van der Waals surface area contributed by atoms with Gasteiger partial charge in [0.1, 0.15) is 0 Å². The van der Waals surface area contributed by atoms with Crippen LogP contribution < -0.4 is 5.73 Å². The molecule has 0 aromatic carbocycles. The van der Waals surface area contributed by atoms with E-state index >= 15 is 0 Å². The smallest absolute Gasteiger partial charge is 0.0447 e. The molecule has 2 unspecified atom stereocenters. The lowest BCUT2D eigenvalue weighted by Crippen LogP contribution is -2.59. The highest BCUT2D eigenvalue weighted by Crippen LogP contribution is 2.39. The molecule has 2 N–H and O–H groups in total. The minimum absolute atomic E-state index is 0.333. The summed E-state index contributed by atoms with van der Waals surface area (Å²) in [5.41, 5.74) is 6.39. The van der Waals surface area contributed by atoms with E-state index in [1.807, 2.05) is 0 Å². The zero-order chi connectivity index (χ0) is 10.0. The Balaban J connectivity index is 2.12. The molecule has 0 spiro atoms. The predicted octanol–water partition coefficient (Wildman–Crippen LogP) is 1.70. The average Bonchev–Trinajstić information content (AvgIpc) is 2.72. The molecule has 0 bridgehead atoms. The molecule has 82 valence electrons.